The molecule has 1 aromatic carbocycles. The summed E-state index contributed by atoms with van der Waals surface area (Å²) >= 11 is 0. The van der Waals surface area contributed by atoms with E-state index in [1.165, 1.54) is 0 Å². The minimum absolute atomic E-state index is 0.517. The first kappa shape index (κ1) is 10.2. The van der Waals surface area contributed by atoms with E-state index >= 15 is 0 Å². The normalized spacial score (nSPS) is 10.3. The molecule has 5 heteroatoms. The molecule has 0 fully saturated rings. The number of carboxylic acids is 1. The van der Waals surface area contributed by atoms with Crippen molar-refractivity contribution in [2.75, 3.05) is 5.32 Å². The highest BCUT2D eigenvalue weighted by Gasteiger charge is 2.15. The molecule has 0 bridgehead atoms. The number of fused-ring (bicyclic) bond motifs is 1. The molecule has 0 aliphatic heterocycles. The van der Waals surface area contributed by atoms with Crippen LogP contribution in [0, 0.1) is 6.92 Å². The average molecular weight is 218 g/mol. The predicted molar refractivity (Wildman–Crippen MR) is 59.3 cm³/mol. The summed E-state index contributed by atoms with van der Waals surface area (Å²) in [5.41, 5.74) is 2.11. The summed E-state index contributed by atoms with van der Waals surface area (Å²) in [5, 5.41) is 11.7. The topological polar surface area (TPSA) is 82.2 Å². The Balaban J connectivity index is 2.47. The number of carboxylic acid groups (broad SMARTS) is 1. The summed E-state index contributed by atoms with van der Waals surface area (Å²) in [6, 6.07) is 7.36. The van der Waals surface area contributed by atoms with Crippen molar-refractivity contribution in [1.29, 1.82) is 0 Å². The quantitative estimate of drug-likeness (QED) is 0.634. The molecule has 82 valence electrons. The zero-order valence-corrected chi connectivity index (χ0v) is 8.57. The fourth-order valence-electron chi connectivity index (χ4n) is 1.60. The SMILES string of the molecule is Cc1[nH]c2ccccc2c1NC(=O)C(=O)O. The number of amides is 1. The Morgan fingerprint density at radius 2 is 2.00 bits per heavy atom. The van der Waals surface area contributed by atoms with Gasteiger partial charge in [-0.15, -0.1) is 0 Å². The molecule has 0 atom stereocenters. The van der Waals surface area contributed by atoms with E-state index in [2.05, 4.69) is 10.3 Å². The Kier molecular flexibility index (Phi) is 2.36. The van der Waals surface area contributed by atoms with E-state index in [0.29, 0.717) is 5.69 Å². The summed E-state index contributed by atoms with van der Waals surface area (Å²) in [6.45, 7) is 1.78. The first-order valence-corrected chi connectivity index (χ1v) is 4.71. The van der Waals surface area contributed by atoms with Crippen LogP contribution in [-0.4, -0.2) is 22.0 Å². The van der Waals surface area contributed by atoms with Crippen LogP contribution in [0.15, 0.2) is 24.3 Å². The zero-order valence-electron chi connectivity index (χ0n) is 8.57. The van der Waals surface area contributed by atoms with E-state index in [9.17, 15) is 9.59 Å². The van der Waals surface area contributed by atoms with Crippen LogP contribution in [0.5, 0.6) is 0 Å². The van der Waals surface area contributed by atoms with Crippen LogP contribution < -0.4 is 5.32 Å². The van der Waals surface area contributed by atoms with Crippen LogP contribution in [0.2, 0.25) is 0 Å². The lowest BCUT2D eigenvalue weighted by atomic mass is 10.2. The maximum Gasteiger partial charge on any atom is 0.394 e. The number of para-hydroxylation sites is 1. The molecule has 0 aliphatic carbocycles. The minimum atomic E-state index is -1.50. The Hall–Kier alpha value is -2.30. The van der Waals surface area contributed by atoms with Crippen molar-refractivity contribution in [3.8, 4) is 0 Å². The number of aromatic amines is 1. The van der Waals surface area contributed by atoms with Gasteiger partial charge in [-0.05, 0) is 13.0 Å². The number of benzene rings is 1. The number of aromatic nitrogens is 1. The first-order valence-electron chi connectivity index (χ1n) is 4.71. The lowest BCUT2D eigenvalue weighted by molar-refractivity contribution is -0.147. The third-order valence-electron chi connectivity index (χ3n) is 2.33. The van der Waals surface area contributed by atoms with E-state index in [1.807, 2.05) is 24.3 Å². The van der Waals surface area contributed by atoms with Gasteiger partial charge in [-0.1, -0.05) is 18.2 Å². The molecule has 1 heterocycles. The fraction of sp³-hybridized carbons (Fsp3) is 0.0909. The van der Waals surface area contributed by atoms with Gasteiger partial charge < -0.3 is 15.4 Å². The monoisotopic (exact) mass is 218 g/mol. The van der Waals surface area contributed by atoms with Gasteiger partial charge in [0.15, 0.2) is 0 Å². The second kappa shape index (κ2) is 3.69. The van der Waals surface area contributed by atoms with Crippen LogP contribution in [0.3, 0.4) is 0 Å². The van der Waals surface area contributed by atoms with Gasteiger partial charge in [-0.3, -0.25) is 4.79 Å². The van der Waals surface area contributed by atoms with Crippen LogP contribution in [0.4, 0.5) is 5.69 Å². The molecule has 0 saturated heterocycles. The smallest absolute Gasteiger partial charge is 0.394 e. The molecular formula is C11H10N2O3. The van der Waals surface area contributed by atoms with Gasteiger partial charge in [0.05, 0.1) is 5.69 Å². The van der Waals surface area contributed by atoms with E-state index in [1.54, 1.807) is 6.92 Å². The number of carbonyl (C=O) groups excluding carboxylic acids is 1. The van der Waals surface area contributed by atoms with Crippen molar-refractivity contribution in [3.63, 3.8) is 0 Å². The summed E-state index contributed by atoms with van der Waals surface area (Å²) < 4.78 is 0. The van der Waals surface area contributed by atoms with Gasteiger partial charge in [0.1, 0.15) is 0 Å². The van der Waals surface area contributed by atoms with Gasteiger partial charge in [0, 0.05) is 16.6 Å². The Labute approximate surface area is 91.1 Å². The summed E-state index contributed by atoms with van der Waals surface area (Å²) in [4.78, 5) is 24.6. The van der Waals surface area contributed by atoms with Crippen molar-refractivity contribution >= 4 is 28.5 Å². The van der Waals surface area contributed by atoms with Gasteiger partial charge in [0.2, 0.25) is 0 Å². The molecule has 1 aromatic heterocycles. The molecular weight excluding hydrogens is 208 g/mol. The van der Waals surface area contributed by atoms with E-state index in [0.717, 1.165) is 16.6 Å². The van der Waals surface area contributed by atoms with Gasteiger partial charge in [0.25, 0.3) is 0 Å². The molecule has 1 amide bonds. The molecule has 0 radical (unpaired) electrons. The average Bonchev–Trinajstić information content (AvgIpc) is 2.55. The number of carbonyl (C=O) groups is 2. The standard InChI is InChI=1S/C11H10N2O3/c1-6-9(13-10(14)11(15)16)7-4-2-3-5-8(7)12-6/h2-5,12H,1H3,(H,13,14)(H,15,16). The molecule has 2 rings (SSSR count). The maximum atomic E-state index is 11.1. The summed E-state index contributed by atoms with van der Waals surface area (Å²) in [6.07, 6.45) is 0. The predicted octanol–water partition coefficient (Wildman–Crippen LogP) is 1.50. The van der Waals surface area contributed by atoms with Crippen LogP contribution in [0.1, 0.15) is 5.69 Å². The maximum absolute atomic E-state index is 11.1. The van der Waals surface area contributed by atoms with Gasteiger partial charge in [-0.2, -0.15) is 0 Å². The number of H-pyrrole nitrogens is 1. The van der Waals surface area contributed by atoms with Crippen molar-refractivity contribution < 1.29 is 14.7 Å². The highest BCUT2D eigenvalue weighted by molar-refractivity contribution is 6.37. The Bertz CT molecular complexity index is 572. The van der Waals surface area contributed by atoms with E-state index < -0.39 is 11.9 Å². The van der Waals surface area contributed by atoms with Crippen molar-refractivity contribution in [3.05, 3.63) is 30.0 Å². The van der Waals surface area contributed by atoms with Crippen molar-refractivity contribution in [2.45, 2.75) is 6.92 Å². The third kappa shape index (κ3) is 1.63. The van der Waals surface area contributed by atoms with Crippen LogP contribution >= 0.6 is 0 Å². The van der Waals surface area contributed by atoms with E-state index in [4.69, 9.17) is 5.11 Å². The number of aryl methyl sites for hydroxylation is 1. The zero-order chi connectivity index (χ0) is 11.7. The van der Waals surface area contributed by atoms with Crippen molar-refractivity contribution in [2.24, 2.45) is 0 Å². The van der Waals surface area contributed by atoms with Gasteiger partial charge in [-0.25, -0.2) is 4.79 Å². The summed E-state index contributed by atoms with van der Waals surface area (Å²) in [5.74, 6) is -2.53. The van der Waals surface area contributed by atoms with E-state index in [-0.39, 0.29) is 0 Å². The minimum Gasteiger partial charge on any atom is -0.474 e. The molecule has 2 aromatic rings. The molecule has 0 unspecified atom stereocenters. The van der Waals surface area contributed by atoms with Crippen molar-refractivity contribution in [1.82, 2.24) is 4.98 Å². The number of nitrogens with one attached hydrogen (secondary N) is 2. The Morgan fingerprint density at radius 3 is 2.69 bits per heavy atom. The van der Waals surface area contributed by atoms with Gasteiger partial charge >= 0.3 is 11.9 Å². The molecule has 0 aliphatic rings. The van der Waals surface area contributed by atoms with Crippen LogP contribution in [0.25, 0.3) is 10.9 Å². The molecule has 5 nitrogen and oxygen atoms in total. The second-order valence-electron chi connectivity index (χ2n) is 3.43. The number of hydrogen-bond donors (Lipinski definition) is 3. The molecule has 3 N–H and O–H groups in total. The van der Waals surface area contributed by atoms with Crippen LogP contribution in [-0.2, 0) is 9.59 Å². The number of hydrogen-bond acceptors (Lipinski definition) is 2. The molecule has 0 spiro atoms. The second-order valence-corrected chi connectivity index (χ2v) is 3.43. The highest BCUT2D eigenvalue weighted by atomic mass is 16.4. The lowest BCUT2D eigenvalue weighted by Crippen LogP contribution is -2.22. The Morgan fingerprint density at radius 1 is 1.31 bits per heavy atom. The number of aliphatic carboxylic acids is 1. The number of anilines is 1. The molecule has 0 saturated carbocycles. The first-order chi connectivity index (χ1) is 7.59. The largest absolute Gasteiger partial charge is 0.474 e. The molecule has 16 heavy (non-hydrogen) atoms. The number of rotatable bonds is 1. The highest BCUT2D eigenvalue weighted by Crippen LogP contribution is 2.26. The lowest BCUT2D eigenvalue weighted by Gasteiger charge is -2.01. The summed E-state index contributed by atoms with van der Waals surface area (Å²) in [7, 11) is 0. The third-order valence-corrected chi connectivity index (χ3v) is 2.33. The fourth-order valence-corrected chi connectivity index (χ4v) is 1.60.